The molecule has 1 radical (unpaired) electrons. The van der Waals surface area contributed by atoms with Crippen LogP contribution in [-0.4, -0.2) is 18.5 Å². The summed E-state index contributed by atoms with van der Waals surface area (Å²) in [7, 11) is -1.16. The Labute approximate surface area is 203 Å². The van der Waals surface area contributed by atoms with Gasteiger partial charge in [-0.15, -0.1) is 0 Å². The molecule has 1 heterocycles. The first kappa shape index (κ1) is 27.2. The number of rotatable bonds is 4. The van der Waals surface area contributed by atoms with Gasteiger partial charge in [0.15, 0.2) is 0 Å². The maximum atomic E-state index is 6.11. The molecule has 1 aliphatic rings. The zero-order valence-electron chi connectivity index (χ0n) is 19.1. The Kier molecular flexibility index (Phi) is 10.3. The van der Waals surface area contributed by atoms with E-state index < -0.39 is 7.92 Å². The minimum absolute atomic E-state index is 0. The summed E-state index contributed by atoms with van der Waals surface area (Å²) in [4.78, 5) is 4.97. The zero-order chi connectivity index (χ0) is 19.6. The molecule has 0 saturated carbocycles. The smallest absolute Gasteiger partial charge is 0.220 e. The molecule has 3 aromatic rings. The van der Waals surface area contributed by atoms with E-state index in [4.69, 9.17) is 9.73 Å². The van der Waals surface area contributed by atoms with Crippen molar-refractivity contribution in [3.63, 3.8) is 0 Å². The molecule has 31 heavy (non-hydrogen) atoms. The van der Waals surface area contributed by atoms with Crippen molar-refractivity contribution in [3.05, 3.63) is 105 Å². The predicted octanol–water partition coefficient (Wildman–Crippen LogP) is 5.27. The third-order valence-electron chi connectivity index (χ3n) is 5.20. The molecule has 0 bridgehead atoms. The number of ether oxygens (including phenoxy) is 1. The Morgan fingerprint density at radius 1 is 0.774 bits per heavy atom. The summed E-state index contributed by atoms with van der Waals surface area (Å²) in [5.74, 6) is 0.796. The molecule has 0 unspecified atom stereocenters. The van der Waals surface area contributed by atoms with Crippen LogP contribution in [0.1, 0.15) is 26.3 Å². The van der Waals surface area contributed by atoms with Crippen LogP contribution in [-0.2, 0) is 24.8 Å². The number of hydrogen-bond acceptors (Lipinski definition) is 2. The quantitative estimate of drug-likeness (QED) is 0.292. The van der Waals surface area contributed by atoms with E-state index in [-0.39, 0.29) is 46.4 Å². The number of nitrogens with zero attached hydrogens (tertiary/aromatic N) is 1. The van der Waals surface area contributed by atoms with Crippen LogP contribution in [0.3, 0.4) is 0 Å². The Morgan fingerprint density at radius 3 is 1.74 bits per heavy atom. The Bertz CT molecular complexity index is 928. The molecule has 1 atom stereocenters. The van der Waals surface area contributed by atoms with Crippen LogP contribution in [0.5, 0.6) is 0 Å². The standard InChI is InChI=1S/C25H26NOP.2CH3.Ir/c1-25(2,3)23-18-27-24(26-23)21-16-10-11-17-22(21)28(19-12-6-4-7-13-19)20-14-8-5-9-15-20;;;/h4-17,23H,18H2,1-3H3;2*1H3;/q;2*-1;/p+1/t23-;;;/m1.../s1. The summed E-state index contributed by atoms with van der Waals surface area (Å²) in [5.41, 5.74) is 1.24. The van der Waals surface area contributed by atoms with E-state index in [2.05, 4.69) is 106 Å². The van der Waals surface area contributed by atoms with Gasteiger partial charge in [0.25, 0.3) is 0 Å². The van der Waals surface area contributed by atoms with Gasteiger partial charge < -0.3 is 19.6 Å². The molecular weight excluding hydrogens is 577 g/mol. The molecule has 0 N–H and O–H groups in total. The normalized spacial score (nSPS) is 15.1. The molecule has 0 fully saturated rings. The first-order valence-corrected chi connectivity index (χ1v) is 11.3. The third kappa shape index (κ3) is 6.13. The average Bonchev–Trinajstić information content (AvgIpc) is 3.21. The summed E-state index contributed by atoms with van der Waals surface area (Å²) in [5, 5.41) is 4.08. The van der Waals surface area contributed by atoms with Crippen LogP contribution >= 0.6 is 7.92 Å². The third-order valence-corrected chi connectivity index (χ3v) is 8.00. The average molecular weight is 611 g/mol. The van der Waals surface area contributed by atoms with E-state index in [1.54, 1.807) is 0 Å². The Balaban J connectivity index is 0.00000160. The van der Waals surface area contributed by atoms with Crippen molar-refractivity contribution in [2.75, 3.05) is 6.61 Å². The van der Waals surface area contributed by atoms with Crippen LogP contribution in [0.4, 0.5) is 0 Å². The van der Waals surface area contributed by atoms with Crippen molar-refractivity contribution >= 4 is 29.7 Å². The first-order chi connectivity index (χ1) is 13.5. The Hall–Kier alpha value is -1.79. The molecule has 2 nitrogen and oxygen atoms in total. The zero-order valence-corrected chi connectivity index (χ0v) is 22.5. The summed E-state index contributed by atoms with van der Waals surface area (Å²) < 4.78 is 6.11. The second-order valence-corrected chi connectivity index (χ2v) is 10.7. The molecule has 3 aromatic carbocycles. The van der Waals surface area contributed by atoms with Crippen LogP contribution < -0.4 is 15.9 Å². The summed E-state index contributed by atoms with van der Waals surface area (Å²) in [6.07, 6.45) is 0. The summed E-state index contributed by atoms with van der Waals surface area (Å²) in [6, 6.07) is 30.5. The van der Waals surface area contributed by atoms with Crippen LogP contribution in [0.2, 0.25) is 0 Å². The van der Waals surface area contributed by atoms with Gasteiger partial charge in [-0.05, 0) is 41.8 Å². The van der Waals surface area contributed by atoms with Gasteiger partial charge in [-0.1, -0.05) is 69.3 Å². The second kappa shape index (κ2) is 11.7. The monoisotopic (exact) mass is 611 g/mol. The second-order valence-electron chi connectivity index (χ2n) is 8.28. The van der Waals surface area contributed by atoms with Crippen molar-refractivity contribution in [3.8, 4) is 0 Å². The van der Waals surface area contributed by atoms with Crippen molar-refractivity contribution < 1.29 is 24.8 Å². The topological polar surface area (TPSA) is 21.6 Å². The molecule has 1 aliphatic heterocycles. The van der Waals surface area contributed by atoms with Gasteiger partial charge in [-0.25, -0.2) is 4.99 Å². The van der Waals surface area contributed by atoms with Gasteiger partial charge in [0.05, 0.1) is 19.5 Å². The van der Waals surface area contributed by atoms with E-state index >= 15 is 0 Å². The van der Waals surface area contributed by atoms with Gasteiger partial charge in [-0.2, -0.15) is 0 Å². The minimum Gasteiger partial charge on any atom is -0.475 e. The molecule has 0 saturated heterocycles. The molecule has 0 aliphatic carbocycles. The molecule has 4 heteroatoms. The maximum absolute atomic E-state index is 6.11. The molecule has 4 rings (SSSR count). The summed E-state index contributed by atoms with van der Waals surface area (Å²) in [6.45, 7) is 7.33. The van der Waals surface area contributed by atoms with Crippen LogP contribution in [0.25, 0.3) is 0 Å². The number of hydrogen-bond donors (Lipinski definition) is 0. The van der Waals surface area contributed by atoms with Crippen LogP contribution in [0.15, 0.2) is 89.9 Å². The molecule has 0 amide bonds. The van der Waals surface area contributed by atoms with Gasteiger partial charge in [-0.3, -0.25) is 0 Å². The van der Waals surface area contributed by atoms with E-state index in [9.17, 15) is 0 Å². The van der Waals surface area contributed by atoms with Crippen molar-refractivity contribution in [2.45, 2.75) is 26.8 Å². The SMILES string of the molecule is CC(C)(C)[C@H]1COC(c2ccccc2[PH+](c2ccccc2)c2ccccc2)=N1.[CH3-].[CH3-].[Ir]. The van der Waals surface area contributed by atoms with E-state index in [0.717, 1.165) is 11.5 Å². The fraction of sp³-hybridized carbons (Fsp3) is 0.222. The number of benzene rings is 3. The predicted molar refractivity (Wildman–Crippen MR) is 135 cm³/mol. The maximum Gasteiger partial charge on any atom is 0.220 e. The largest absolute Gasteiger partial charge is 0.475 e. The van der Waals surface area contributed by atoms with Gasteiger partial charge in [0.2, 0.25) is 5.90 Å². The van der Waals surface area contributed by atoms with Crippen molar-refractivity contribution in [1.29, 1.82) is 0 Å². The van der Waals surface area contributed by atoms with E-state index in [0.29, 0.717) is 6.61 Å². The van der Waals surface area contributed by atoms with Gasteiger partial charge in [0.1, 0.15) is 22.5 Å². The van der Waals surface area contributed by atoms with E-state index in [1.807, 2.05) is 0 Å². The first-order valence-electron chi connectivity index (χ1n) is 9.82. The van der Waals surface area contributed by atoms with Crippen LogP contribution in [0, 0.1) is 20.3 Å². The Morgan fingerprint density at radius 2 is 1.26 bits per heavy atom. The minimum atomic E-state index is -1.16. The van der Waals surface area contributed by atoms with E-state index in [1.165, 1.54) is 15.9 Å². The fourth-order valence-electron chi connectivity index (χ4n) is 3.54. The fourth-order valence-corrected chi connectivity index (χ4v) is 6.27. The van der Waals surface area contributed by atoms with Gasteiger partial charge in [0, 0.05) is 20.1 Å². The molecule has 0 aromatic heterocycles. The summed E-state index contributed by atoms with van der Waals surface area (Å²) >= 11 is 0. The van der Waals surface area contributed by atoms with Crippen molar-refractivity contribution in [2.24, 2.45) is 10.4 Å². The number of aliphatic imine (C=N–C) groups is 1. The molecular formula is C27H33IrNOP-. The molecule has 167 valence electrons. The van der Waals surface area contributed by atoms with Crippen molar-refractivity contribution in [1.82, 2.24) is 0 Å². The van der Waals surface area contributed by atoms with Gasteiger partial charge >= 0.3 is 0 Å². The molecule has 0 spiro atoms.